The number of aliphatic hydroxyl groups excluding tert-OH is 1. The minimum Gasteiger partial charge on any atom is -0.388 e. The van der Waals surface area contributed by atoms with Crippen LogP contribution in [0.3, 0.4) is 0 Å². The van der Waals surface area contributed by atoms with E-state index in [1.165, 1.54) is 18.4 Å². The lowest BCUT2D eigenvalue weighted by Crippen LogP contribution is -2.32. The molecule has 2 aromatic rings. The summed E-state index contributed by atoms with van der Waals surface area (Å²) in [6, 6.07) is 8.74. The van der Waals surface area contributed by atoms with Gasteiger partial charge in [-0.3, -0.25) is 9.88 Å². The lowest BCUT2D eigenvalue weighted by Gasteiger charge is -2.26. The van der Waals surface area contributed by atoms with Crippen LogP contribution in [0.2, 0.25) is 0 Å². The fourth-order valence-electron chi connectivity index (χ4n) is 3.13. The molecule has 3 rings (SSSR count). The quantitative estimate of drug-likeness (QED) is 0.889. The van der Waals surface area contributed by atoms with Gasteiger partial charge in [0.1, 0.15) is 0 Å². The lowest BCUT2D eigenvalue weighted by molar-refractivity contribution is 0.124. The third kappa shape index (κ3) is 3.90. The van der Waals surface area contributed by atoms with Gasteiger partial charge in [0.15, 0.2) is 0 Å². The molecule has 4 heteroatoms. The number of rotatable bonds is 6. The van der Waals surface area contributed by atoms with Crippen molar-refractivity contribution in [3.05, 3.63) is 52.5 Å². The lowest BCUT2D eigenvalue weighted by atomic mass is 10.1. The van der Waals surface area contributed by atoms with E-state index in [4.69, 9.17) is 0 Å². The van der Waals surface area contributed by atoms with Gasteiger partial charge in [-0.15, -0.1) is 11.3 Å². The summed E-state index contributed by atoms with van der Waals surface area (Å²) in [5, 5.41) is 12.4. The van der Waals surface area contributed by atoms with E-state index in [0.29, 0.717) is 6.04 Å². The SMILES string of the molecule is O[C@H](C[C@@H]1CCCN1CCc1ccncc1)c1cccs1. The van der Waals surface area contributed by atoms with Crippen molar-refractivity contribution in [2.75, 3.05) is 13.1 Å². The van der Waals surface area contributed by atoms with Gasteiger partial charge in [0.25, 0.3) is 0 Å². The van der Waals surface area contributed by atoms with Gasteiger partial charge in [-0.25, -0.2) is 0 Å². The van der Waals surface area contributed by atoms with Crippen LogP contribution in [0.15, 0.2) is 42.0 Å². The fraction of sp³-hybridized carbons (Fsp3) is 0.471. The molecule has 112 valence electrons. The summed E-state index contributed by atoms with van der Waals surface area (Å²) in [5.41, 5.74) is 1.34. The molecule has 0 bridgehead atoms. The Kier molecular flexibility index (Phi) is 5.01. The van der Waals surface area contributed by atoms with Crippen molar-refractivity contribution in [1.82, 2.24) is 9.88 Å². The van der Waals surface area contributed by atoms with Crippen LogP contribution in [0.5, 0.6) is 0 Å². The highest BCUT2D eigenvalue weighted by molar-refractivity contribution is 7.10. The highest BCUT2D eigenvalue weighted by Gasteiger charge is 2.27. The van der Waals surface area contributed by atoms with Gasteiger partial charge in [-0.2, -0.15) is 0 Å². The van der Waals surface area contributed by atoms with Crippen molar-refractivity contribution in [2.24, 2.45) is 0 Å². The second-order valence-corrected chi connectivity index (χ2v) is 6.68. The number of hydrogen-bond acceptors (Lipinski definition) is 4. The highest BCUT2D eigenvalue weighted by Crippen LogP contribution is 2.29. The Labute approximate surface area is 130 Å². The van der Waals surface area contributed by atoms with E-state index in [1.54, 1.807) is 11.3 Å². The van der Waals surface area contributed by atoms with E-state index in [2.05, 4.69) is 22.0 Å². The number of thiophene rings is 1. The Balaban J connectivity index is 1.53. The van der Waals surface area contributed by atoms with Crippen LogP contribution in [-0.4, -0.2) is 34.1 Å². The van der Waals surface area contributed by atoms with Crippen LogP contribution in [0.25, 0.3) is 0 Å². The molecule has 1 N–H and O–H groups in total. The van der Waals surface area contributed by atoms with Crippen LogP contribution >= 0.6 is 11.3 Å². The zero-order valence-corrected chi connectivity index (χ0v) is 13.0. The molecule has 2 atom stereocenters. The Morgan fingerprint density at radius 1 is 1.33 bits per heavy atom. The molecule has 2 aromatic heterocycles. The van der Waals surface area contributed by atoms with Crippen molar-refractivity contribution in [3.8, 4) is 0 Å². The first-order valence-corrected chi connectivity index (χ1v) is 8.55. The Morgan fingerprint density at radius 2 is 2.19 bits per heavy atom. The number of nitrogens with zero attached hydrogens (tertiary/aromatic N) is 2. The van der Waals surface area contributed by atoms with E-state index >= 15 is 0 Å². The van der Waals surface area contributed by atoms with Crippen molar-refractivity contribution in [3.63, 3.8) is 0 Å². The zero-order chi connectivity index (χ0) is 14.5. The van der Waals surface area contributed by atoms with Gasteiger partial charge < -0.3 is 5.11 Å². The second kappa shape index (κ2) is 7.16. The molecule has 0 spiro atoms. The van der Waals surface area contributed by atoms with Gasteiger partial charge in [0.05, 0.1) is 6.10 Å². The van der Waals surface area contributed by atoms with Crippen molar-refractivity contribution in [2.45, 2.75) is 37.8 Å². The van der Waals surface area contributed by atoms with Crippen LogP contribution in [-0.2, 0) is 6.42 Å². The normalized spacial score (nSPS) is 20.7. The first kappa shape index (κ1) is 14.7. The molecule has 1 fully saturated rings. The molecule has 1 saturated heterocycles. The van der Waals surface area contributed by atoms with Crippen LogP contribution in [0.4, 0.5) is 0 Å². The molecule has 0 saturated carbocycles. The van der Waals surface area contributed by atoms with Crippen molar-refractivity contribution < 1.29 is 5.11 Å². The van der Waals surface area contributed by atoms with Crippen LogP contribution in [0.1, 0.15) is 35.8 Å². The third-order valence-electron chi connectivity index (χ3n) is 4.30. The predicted octanol–water partition coefficient (Wildman–Crippen LogP) is 3.27. The number of aromatic nitrogens is 1. The summed E-state index contributed by atoms with van der Waals surface area (Å²) in [4.78, 5) is 7.69. The molecule has 0 aromatic carbocycles. The molecule has 3 heterocycles. The topological polar surface area (TPSA) is 36.4 Å². The molecule has 0 unspecified atom stereocenters. The molecule has 3 nitrogen and oxygen atoms in total. The van der Waals surface area contributed by atoms with Gasteiger partial charge >= 0.3 is 0 Å². The van der Waals surface area contributed by atoms with Crippen molar-refractivity contribution >= 4 is 11.3 Å². The number of hydrogen-bond donors (Lipinski definition) is 1. The molecular weight excluding hydrogens is 280 g/mol. The van der Waals surface area contributed by atoms with Gasteiger partial charge in [-0.1, -0.05) is 6.07 Å². The van der Waals surface area contributed by atoms with Gasteiger partial charge in [-0.05, 0) is 61.4 Å². The van der Waals surface area contributed by atoms with E-state index in [-0.39, 0.29) is 6.10 Å². The first-order valence-electron chi connectivity index (χ1n) is 7.67. The monoisotopic (exact) mass is 302 g/mol. The number of aliphatic hydroxyl groups is 1. The summed E-state index contributed by atoms with van der Waals surface area (Å²) in [5.74, 6) is 0. The highest BCUT2D eigenvalue weighted by atomic mass is 32.1. The number of likely N-dealkylation sites (tertiary alicyclic amines) is 1. The van der Waals surface area contributed by atoms with Crippen LogP contribution < -0.4 is 0 Å². The third-order valence-corrected chi connectivity index (χ3v) is 5.28. The molecule has 0 amide bonds. The summed E-state index contributed by atoms with van der Waals surface area (Å²) in [7, 11) is 0. The van der Waals surface area contributed by atoms with Gasteiger partial charge in [0, 0.05) is 29.9 Å². The smallest absolute Gasteiger partial charge is 0.0896 e. The Morgan fingerprint density at radius 3 is 2.95 bits per heavy atom. The fourth-order valence-corrected chi connectivity index (χ4v) is 3.86. The summed E-state index contributed by atoms with van der Waals surface area (Å²) in [6.07, 6.45) is 7.79. The number of pyridine rings is 1. The van der Waals surface area contributed by atoms with E-state index in [0.717, 1.165) is 30.8 Å². The average molecular weight is 302 g/mol. The minimum absolute atomic E-state index is 0.309. The second-order valence-electron chi connectivity index (χ2n) is 5.70. The Bertz CT molecular complexity index is 529. The first-order chi connectivity index (χ1) is 10.3. The molecule has 21 heavy (non-hydrogen) atoms. The molecule has 0 aliphatic carbocycles. The molecular formula is C17H22N2OS. The van der Waals surface area contributed by atoms with E-state index in [1.807, 2.05) is 29.9 Å². The Hall–Kier alpha value is -1.23. The molecule has 1 aliphatic heterocycles. The average Bonchev–Trinajstić information content (AvgIpc) is 3.18. The summed E-state index contributed by atoms with van der Waals surface area (Å²) >= 11 is 1.65. The largest absolute Gasteiger partial charge is 0.388 e. The standard InChI is InChI=1S/C17H22N2OS/c20-16(17-4-2-12-21-17)13-15-3-1-10-19(15)11-7-14-5-8-18-9-6-14/h2,4-6,8-9,12,15-16,20H,1,3,7,10-11,13H2/t15-,16+/m0/s1. The minimum atomic E-state index is -0.309. The predicted molar refractivity (Wildman–Crippen MR) is 86.4 cm³/mol. The molecule has 0 radical (unpaired) electrons. The van der Waals surface area contributed by atoms with Crippen LogP contribution in [0, 0.1) is 0 Å². The maximum Gasteiger partial charge on any atom is 0.0896 e. The van der Waals surface area contributed by atoms with E-state index < -0.39 is 0 Å². The molecule has 1 aliphatic rings. The maximum absolute atomic E-state index is 10.3. The maximum atomic E-state index is 10.3. The summed E-state index contributed by atoms with van der Waals surface area (Å²) < 4.78 is 0. The summed E-state index contributed by atoms with van der Waals surface area (Å²) in [6.45, 7) is 2.23. The van der Waals surface area contributed by atoms with Crippen molar-refractivity contribution in [1.29, 1.82) is 0 Å². The zero-order valence-electron chi connectivity index (χ0n) is 12.2. The van der Waals surface area contributed by atoms with E-state index in [9.17, 15) is 5.11 Å². The van der Waals surface area contributed by atoms with Gasteiger partial charge in [0.2, 0.25) is 0 Å².